The van der Waals surface area contributed by atoms with Gasteiger partial charge in [-0.25, -0.2) is 17.1 Å². The van der Waals surface area contributed by atoms with Crippen molar-refractivity contribution in [1.82, 2.24) is 9.21 Å². The van der Waals surface area contributed by atoms with E-state index in [0.29, 0.717) is 31.7 Å². The summed E-state index contributed by atoms with van der Waals surface area (Å²) in [4.78, 5) is 14.3. The molecule has 6 nitrogen and oxygen atoms in total. The summed E-state index contributed by atoms with van der Waals surface area (Å²) in [5, 5.41) is 0. The average Bonchev–Trinajstić information content (AvgIpc) is 2.86. The largest absolute Gasteiger partial charge is 0.496 e. The first-order valence-corrected chi connectivity index (χ1v) is 10.1. The first-order chi connectivity index (χ1) is 11.9. The number of carbonyl (C=O) groups excluding carboxylic acids is 1. The number of nitrogens with zero attached hydrogens (tertiary/aromatic N) is 2. The van der Waals surface area contributed by atoms with Crippen molar-refractivity contribution in [2.45, 2.75) is 26.2 Å². The maximum atomic E-state index is 13.5. The average molecular weight is 372 g/mol. The molecule has 1 amide bonds. The van der Waals surface area contributed by atoms with Crippen LogP contribution in [0.4, 0.5) is 4.39 Å². The topological polar surface area (TPSA) is 66.9 Å². The van der Waals surface area contributed by atoms with E-state index in [4.69, 9.17) is 4.74 Å². The number of hydrogen-bond donors (Lipinski definition) is 0. The van der Waals surface area contributed by atoms with Crippen LogP contribution in [0.1, 0.15) is 36.5 Å². The first kappa shape index (κ1) is 19.7. The number of carbonyl (C=O) groups is 1. The second-order valence-electron chi connectivity index (χ2n) is 6.06. The Morgan fingerprint density at radius 1 is 1.24 bits per heavy atom. The van der Waals surface area contributed by atoms with Gasteiger partial charge in [-0.2, -0.15) is 0 Å². The minimum absolute atomic E-state index is 0.134. The van der Waals surface area contributed by atoms with Crippen molar-refractivity contribution in [2.24, 2.45) is 0 Å². The lowest BCUT2D eigenvalue weighted by Crippen LogP contribution is -2.38. The van der Waals surface area contributed by atoms with Crippen LogP contribution in [0.3, 0.4) is 0 Å². The van der Waals surface area contributed by atoms with Crippen molar-refractivity contribution < 1.29 is 22.3 Å². The predicted molar refractivity (Wildman–Crippen MR) is 93.7 cm³/mol. The molecule has 0 N–H and O–H groups in total. The second kappa shape index (κ2) is 8.62. The molecule has 1 saturated heterocycles. The number of hydrogen-bond acceptors (Lipinski definition) is 4. The Balaban J connectivity index is 2.10. The molecule has 1 fully saturated rings. The summed E-state index contributed by atoms with van der Waals surface area (Å²) >= 11 is 0. The van der Waals surface area contributed by atoms with E-state index in [1.807, 2.05) is 6.92 Å². The number of amides is 1. The summed E-state index contributed by atoms with van der Waals surface area (Å²) in [5.41, 5.74) is 0.157. The van der Waals surface area contributed by atoms with Crippen LogP contribution in [-0.2, 0) is 10.0 Å². The van der Waals surface area contributed by atoms with Crippen molar-refractivity contribution in [2.75, 3.05) is 39.0 Å². The number of rotatable bonds is 6. The van der Waals surface area contributed by atoms with Crippen LogP contribution in [0.25, 0.3) is 0 Å². The van der Waals surface area contributed by atoms with Gasteiger partial charge in [0.25, 0.3) is 5.91 Å². The first-order valence-electron chi connectivity index (χ1n) is 8.49. The third-order valence-corrected chi connectivity index (χ3v) is 6.24. The Kier molecular flexibility index (Phi) is 6.78. The molecule has 1 aliphatic rings. The van der Waals surface area contributed by atoms with Gasteiger partial charge in [-0.1, -0.05) is 13.3 Å². The van der Waals surface area contributed by atoms with E-state index in [-0.39, 0.29) is 30.3 Å². The highest BCUT2D eigenvalue weighted by atomic mass is 32.2. The highest BCUT2D eigenvalue weighted by Gasteiger charge is 2.28. The molecule has 1 heterocycles. The van der Waals surface area contributed by atoms with Crippen molar-refractivity contribution in [1.29, 1.82) is 0 Å². The third kappa shape index (κ3) is 4.92. The van der Waals surface area contributed by atoms with Crippen LogP contribution in [0.5, 0.6) is 5.75 Å². The van der Waals surface area contributed by atoms with E-state index < -0.39 is 15.8 Å². The zero-order chi connectivity index (χ0) is 18.4. The zero-order valence-electron chi connectivity index (χ0n) is 14.7. The number of halogens is 1. The van der Waals surface area contributed by atoms with Crippen molar-refractivity contribution in [3.63, 3.8) is 0 Å². The van der Waals surface area contributed by atoms with Gasteiger partial charge >= 0.3 is 0 Å². The summed E-state index contributed by atoms with van der Waals surface area (Å²) in [6.45, 7) is 3.32. The van der Waals surface area contributed by atoms with Gasteiger partial charge in [0.1, 0.15) is 11.6 Å². The maximum Gasteiger partial charge on any atom is 0.257 e. The molecule has 1 aromatic carbocycles. The quantitative estimate of drug-likeness (QED) is 0.767. The van der Waals surface area contributed by atoms with E-state index in [1.54, 1.807) is 4.90 Å². The second-order valence-corrected chi connectivity index (χ2v) is 8.15. The maximum absolute atomic E-state index is 13.5. The monoisotopic (exact) mass is 372 g/mol. The van der Waals surface area contributed by atoms with Crippen LogP contribution in [0, 0.1) is 5.82 Å². The van der Waals surface area contributed by atoms with Gasteiger partial charge in [-0.15, -0.1) is 0 Å². The molecule has 1 aliphatic heterocycles. The zero-order valence-corrected chi connectivity index (χ0v) is 15.5. The standard InChI is InChI=1S/C17H25FN2O4S/c1-3-4-12-25(22,23)20-9-5-8-19(10-11-20)17(21)15-13-14(18)6-7-16(15)24-2/h6-7,13H,3-5,8-12H2,1-2H3. The molecular weight excluding hydrogens is 347 g/mol. The SMILES string of the molecule is CCCCS(=O)(=O)N1CCCN(C(=O)c2cc(F)ccc2OC)CC1. The summed E-state index contributed by atoms with van der Waals surface area (Å²) in [6.07, 6.45) is 1.99. The molecule has 0 aromatic heterocycles. The van der Waals surface area contributed by atoms with Crippen molar-refractivity contribution >= 4 is 15.9 Å². The molecule has 0 atom stereocenters. The Labute approximate surface area is 148 Å². The van der Waals surface area contributed by atoms with Crippen LogP contribution < -0.4 is 4.74 Å². The molecule has 8 heteroatoms. The summed E-state index contributed by atoms with van der Waals surface area (Å²) < 4.78 is 44.8. The van der Waals surface area contributed by atoms with Crippen LogP contribution in [0.15, 0.2) is 18.2 Å². The molecule has 0 saturated carbocycles. The molecule has 25 heavy (non-hydrogen) atoms. The molecule has 140 valence electrons. The fraction of sp³-hybridized carbons (Fsp3) is 0.588. The molecule has 0 aliphatic carbocycles. The lowest BCUT2D eigenvalue weighted by Gasteiger charge is -2.22. The third-order valence-electron chi connectivity index (χ3n) is 4.28. The molecule has 0 radical (unpaired) electrons. The molecule has 0 unspecified atom stereocenters. The van der Waals surface area contributed by atoms with E-state index in [0.717, 1.165) is 12.5 Å². The Hall–Kier alpha value is -1.67. The van der Waals surface area contributed by atoms with Crippen molar-refractivity contribution in [3.8, 4) is 5.75 Å². The van der Waals surface area contributed by atoms with Crippen LogP contribution in [-0.4, -0.2) is 62.6 Å². The van der Waals surface area contributed by atoms with Crippen LogP contribution >= 0.6 is 0 Å². The number of sulfonamides is 1. The fourth-order valence-electron chi connectivity index (χ4n) is 2.85. The van der Waals surface area contributed by atoms with Gasteiger partial charge in [-0.3, -0.25) is 4.79 Å². The fourth-order valence-corrected chi connectivity index (χ4v) is 4.53. The number of unbranched alkanes of at least 4 members (excludes halogenated alkanes) is 1. The number of methoxy groups -OCH3 is 1. The van der Waals surface area contributed by atoms with Gasteiger partial charge in [0.15, 0.2) is 0 Å². The van der Waals surface area contributed by atoms with Gasteiger partial charge in [0, 0.05) is 26.2 Å². The van der Waals surface area contributed by atoms with E-state index in [2.05, 4.69) is 0 Å². The lowest BCUT2D eigenvalue weighted by molar-refractivity contribution is 0.0760. The van der Waals surface area contributed by atoms with Gasteiger partial charge in [0.2, 0.25) is 10.0 Å². The minimum atomic E-state index is -3.29. The van der Waals surface area contributed by atoms with Gasteiger partial charge in [0.05, 0.1) is 18.4 Å². The normalized spacial score (nSPS) is 16.5. The minimum Gasteiger partial charge on any atom is -0.496 e. The number of ether oxygens (including phenoxy) is 1. The Morgan fingerprint density at radius 3 is 2.68 bits per heavy atom. The van der Waals surface area contributed by atoms with E-state index in [9.17, 15) is 17.6 Å². The molecule has 0 bridgehead atoms. The van der Waals surface area contributed by atoms with Crippen molar-refractivity contribution in [3.05, 3.63) is 29.6 Å². The van der Waals surface area contributed by atoms with Gasteiger partial charge < -0.3 is 9.64 Å². The molecule has 0 spiro atoms. The smallest absolute Gasteiger partial charge is 0.257 e. The molecule has 1 aromatic rings. The molecule has 2 rings (SSSR count). The van der Waals surface area contributed by atoms with E-state index >= 15 is 0 Å². The van der Waals surface area contributed by atoms with Crippen LogP contribution in [0.2, 0.25) is 0 Å². The number of benzene rings is 1. The molecular formula is C17H25FN2O4S. The summed E-state index contributed by atoms with van der Waals surface area (Å²) in [5.74, 6) is -0.412. The highest BCUT2D eigenvalue weighted by Crippen LogP contribution is 2.22. The summed E-state index contributed by atoms with van der Waals surface area (Å²) in [6, 6.07) is 3.81. The van der Waals surface area contributed by atoms with E-state index in [1.165, 1.54) is 23.5 Å². The summed E-state index contributed by atoms with van der Waals surface area (Å²) in [7, 11) is -1.87. The Bertz CT molecular complexity index is 709. The Morgan fingerprint density at radius 2 is 2.00 bits per heavy atom. The predicted octanol–water partition coefficient (Wildman–Crippen LogP) is 2.11. The van der Waals surface area contributed by atoms with Gasteiger partial charge in [-0.05, 0) is 31.0 Å². The highest BCUT2D eigenvalue weighted by molar-refractivity contribution is 7.89. The lowest BCUT2D eigenvalue weighted by atomic mass is 10.1.